The maximum Gasteiger partial charge on any atom is 0.276 e. The third kappa shape index (κ3) is 1.72. The van der Waals surface area contributed by atoms with Crippen LogP contribution >= 0.6 is 0 Å². The van der Waals surface area contributed by atoms with E-state index >= 15 is 0 Å². The lowest BCUT2D eigenvalue weighted by Crippen LogP contribution is -2.35. The first kappa shape index (κ1) is 11.3. The largest absolute Gasteiger partial charge is 0.449 e. The number of nitrogens with zero attached hydrogens (tertiary/aromatic N) is 1. The lowest BCUT2D eigenvalue weighted by Gasteiger charge is -2.37. The Balaban J connectivity index is 1.84. The molecular formula is C12H17NO3S. The Morgan fingerprint density at radius 1 is 1.29 bits per heavy atom. The molecule has 0 bridgehead atoms. The minimum Gasteiger partial charge on any atom is -0.449 e. The van der Waals surface area contributed by atoms with Gasteiger partial charge in [-0.05, 0) is 43.7 Å². The summed E-state index contributed by atoms with van der Waals surface area (Å²) in [4.78, 5) is 0. The number of furan rings is 1. The van der Waals surface area contributed by atoms with E-state index in [9.17, 15) is 8.42 Å². The number of hydrogen-bond donors (Lipinski definition) is 0. The minimum absolute atomic E-state index is 0.0892. The van der Waals surface area contributed by atoms with Crippen molar-refractivity contribution in [3.63, 3.8) is 0 Å². The monoisotopic (exact) mass is 255 g/mol. The Morgan fingerprint density at radius 3 is 2.53 bits per heavy atom. The topological polar surface area (TPSA) is 50.5 Å². The van der Waals surface area contributed by atoms with Crippen LogP contribution < -0.4 is 0 Å². The lowest BCUT2D eigenvalue weighted by atomic mass is 9.68. The molecule has 0 radical (unpaired) electrons. The molecule has 0 aromatic carbocycles. The molecule has 0 amide bonds. The summed E-state index contributed by atoms with van der Waals surface area (Å²) in [7, 11) is -3.40. The van der Waals surface area contributed by atoms with Crippen LogP contribution in [0.5, 0.6) is 0 Å². The van der Waals surface area contributed by atoms with Gasteiger partial charge < -0.3 is 4.42 Å². The van der Waals surface area contributed by atoms with E-state index in [1.807, 2.05) is 0 Å². The van der Waals surface area contributed by atoms with Gasteiger partial charge in [0.1, 0.15) is 5.76 Å². The Morgan fingerprint density at radius 2 is 2.06 bits per heavy atom. The molecule has 1 saturated carbocycles. The van der Waals surface area contributed by atoms with Crippen molar-refractivity contribution >= 4 is 10.0 Å². The van der Waals surface area contributed by atoms with E-state index < -0.39 is 10.0 Å². The molecule has 5 heteroatoms. The van der Waals surface area contributed by atoms with Gasteiger partial charge in [-0.1, -0.05) is 6.42 Å². The second-order valence-corrected chi connectivity index (χ2v) is 7.18. The number of aryl methyl sites for hydroxylation is 1. The van der Waals surface area contributed by atoms with Crippen molar-refractivity contribution < 1.29 is 12.8 Å². The average Bonchev–Trinajstić information content (AvgIpc) is 2.82. The molecule has 94 valence electrons. The highest BCUT2D eigenvalue weighted by Crippen LogP contribution is 2.49. The van der Waals surface area contributed by atoms with Gasteiger partial charge in [-0.15, -0.1) is 0 Å². The second-order valence-electron chi connectivity index (χ2n) is 5.31. The zero-order valence-electron chi connectivity index (χ0n) is 9.98. The molecule has 1 aliphatic carbocycles. The molecule has 3 rings (SSSR count). The first-order valence-corrected chi connectivity index (χ1v) is 7.53. The molecule has 1 aliphatic heterocycles. The SMILES string of the molecule is Cc1ccc(S(=O)(=O)N2CCC3(CCC3)C2)o1. The number of hydrogen-bond acceptors (Lipinski definition) is 3. The summed E-state index contributed by atoms with van der Waals surface area (Å²) >= 11 is 0. The fourth-order valence-corrected chi connectivity index (χ4v) is 4.37. The summed E-state index contributed by atoms with van der Waals surface area (Å²) in [5, 5.41) is 0.0892. The van der Waals surface area contributed by atoms with E-state index in [1.165, 1.54) is 19.3 Å². The first-order valence-electron chi connectivity index (χ1n) is 6.09. The maximum atomic E-state index is 12.3. The Kier molecular flexibility index (Phi) is 2.38. The Labute approximate surface area is 102 Å². The molecule has 2 fully saturated rings. The number of sulfonamides is 1. The summed E-state index contributed by atoms with van der Waals surface area (Å²) in [6, 6.07) is 3.25. The fraction of sp³-hybridized carbons (Fsp3) is 0.667. The zero-order valence-corrected chi connectivity index (χ0v) is 10.8. The predicted octanol–water partition coefficient (Wildman–Crippen LogP) is 2.15. The average molecular weight is 255 g/mol. The van der Waals surface area contributed by atoms with Crippen LogP contribution in [-0.4, -0.2) is 25.8 Å². The van der Waals surface area contributed by atoms with E-state index in [1.54, 1.807) is 23.4 Å². The summed E-state index contributed by atoms with van der Waals surface area (Å²) in [5.74, 6) is 0.640. The van der Waals surface area contributed by atoms with Gasteiger partial charge in [-0.2, -0.15) is 4.31 Å². The van der Waals surface area contributed by atoms with Crippen LogP contribution in [0.2, 0.25) is 0 Å². The van der Waals surface area contributed by atoms with Gasteiger partial charge in [-0.25, -0.2) is 8.42 Å². The first-order chi connectivity index (χ1) is 8.02. The van der Waals surface area contributed by atoms with Gasteiger partial charge in [0.15, 0.2) is 0 Å². The third-order valence-electron chi connectivity index (χ3n) is 4.13. The van der Waals surface area contributed by atoms with Crippen molar-refractivity contribution in [3.8, 4) is 0 Å². The summed E-state index contributed by atoms with van der Waals surface area (Å²) in [6.07, 6.45) is 4.60. The molecule has 4 nitrogen and oxygen atoms in total. The highest BCUT2D eigenvalue weighted by atomic mass is 32.2. The van der Waals surface area contributed by atoms with Gasteiger partial charge >= 0.3 is 0 Å². The maximum absolute atomic E-state index is 12.3. The Hall–Kier alpha value is -0.810. The van der Waals surface area contributed by atoms with Crippen LogP contribution in [0.1, 0.15) is 31.4 Å². The summed E-state index contributed by atoms with van der Waals surface area (Å²) in [5.41, 5.74) is 0.286. The van der Waals surface area contributed by atoms with Gasteiger partial charge in [0.05, 0.1) is 0 Å². The molecule has 17 heavy (non-hydrogen) atoms. The smallest absolute Gasteiger partial charge is 0.276 e. The quantitative estimate of drug-likeness (QED) is 0.813. The number of rotatable bonds is 2. The van der Waals surface area contributed by atoms with Crippen LogP contribution in [0, 0.1) is 12.3 Å². The molecule has 2 aliphatic rings. The van der Waals surface area contributed by atoms with Crippen molar-refractivity contribution in [2.24, 2.45) is 5.41 Å². The lowest BCUT2D eigenvalue weighted by molar-refractivity contribution is 0.153. The predicted molar refractivity (Wildman–Crippen MR) is 63.1 cm³/mol. The van der Waals surface area contributed by atoms with Crippen molar-refractivity contribution in [2.75, 3.05) is 13.1 Å². The van der Waals surface area contributed by atoms with Crippen molar-refractivity contribution in [3.05, 3.63) is 17.9 Å². The van der Waals surface area contributed by atoms with E-state index in [4.69, 9.17) is 4.42 Å². The fourth-order valence-electron chi connectivity index (χ4n) is 2.86. The van der Waals surface area contributed by atoms with Gasteiger partial charge in [0.2, 0.25) is 5.09 Å². The van der Waals surface area contributed by atoms with E-state index in [2.05, 4.69) is 0 Å². The van der Waals surface area contributed by atoms with Gasteiger partial charge in [0, 0.05) is 13.1 Å². The van der Waals surface area contributed by atoms with Gasteiger partial charge in [-0.3, -0.25) is 0 Å². The van der Waals surface area contributed by atoms with Crippen LogP contribution in [0.25, 0.3) is 0 Å². The molecule has 1 aromatic heterocycles. The molecule has 1 spiro atoms. The van der Waals surface area contributed by atoms with Gasteiger partial charge in [0.25, 0.3) is 10.0 Å². The van der Waals surface area contributed by atoms with Crippen LogP contribution in [0.4, 0.5) is 0 Å². The highest BCUT2D eigenvalue weighted by molar-refractivity contribution is 7.89. The molecular weight excluding hydrogens is 238 g/mol. The summed E-state index contributed by atoms with van der Waals surface area (Å²) in [6.45, 7) is 3.08. The van der Waals surface area contributed by atoms with Crippen LogP contribution in [-0.2, 0) is 10.0 Å². The normalized spacial score (nSPS) is 24.1. The zero-order chi connectivity index (χ0) is 12.1. The molecule has 2 heterocycles. The van der Waals surface area contributed by atoms with E-state index in [0.29, 0.717) is 18.8 Å². The summed E-state index contributed by atoms with van der Waals surface area (Å²) < 4.78 is 31.5. The molecule has 0 atom stereocenters. The molecule has 1 saturated heterocycles. The van der Waals surface area contributed by atoms with E-state index in [0.717, 1.165) is 6.42 Å². The molecule has 1 aromatic rings. The van der Waals surface area contributed by atoms with Crippen LogP contribution in [0.3, 0.4) is 0 Å². The standard InChI is InChI=1S/C12H17NO3S/c1-10-3-4-11(16-10)17(14,15)13-8-7-12(9-13)5-2-6-12/h3-4H,2,5-9H2,1H3. The van der Waals surface area contributed by atoms with Crippen LogP contribution in [0.15, 0.2) is 21.6 Å². The minimum atomic E-state index is -3.40. The van der Waals surface area contributed by atoms with E-state index in [-0.39, 0.29) is 10.5 Å². The molecule has 0 unspecified atom stereocenters. The second kappa shape index (κ2) is 3.59. The third-order valence-corrected chi connectivity index (χ3v) is 5.85. The van der Waals surface area contributed by atoms with Crippen molar-refractivity contribution in [2.45, 2.75) is 37.7 Å². The van der Waals surface area contributed by atoms with Crippen molar-refractivity contribution in [1.82, 2.24) is 4.31 Å². The van der Waals surface area contributed by atoms with Crippen molar-refractivity contribution in [1.29, 1.82) is 0 Å². The highest BCUT2D eigenvalue weighted by Gasteiger charge is 2.46. The molecule has 0 N–H and O–H groups in total. The Bertz CT molecular complexity index is 528.